The number of rotatable bonds is 5. The molecule has 0 aromatic carbocycles. The van der Waals surface area contributed by atoms with Crippen molar-refractivity contribution in [1.29, 1.82) is 0 Å². The molecule has 0 saturated carbocycles. The zero-order valence-corrected chi connectivity index (χ0v) is 11.8. The van der Waals surface area contributed by atoms with Crippen LogP contribution in [-0.4, -0.2) is 34.7 Å². The van der Waals surface area contributed by atoms with Gasteiger partial charge in [0.25, 0.3) is 0 Å². The van der Waals surface area contributed by atoms with Crippen LogP contribution in [0.3, 0.4) is 0 Å². The summed E-state index contributed by atoms with van der Waals surface area (Å²) in [6.45, 7) is 9.85. The highest BCUT2D eigenvalue weighted by Gasteiger charge is 2.36. The van der Waals surface area contributed by atoms with Crippen molar-refractivity contribution < 1.29 is 4.52 Å². The Hall–Kier alpha value is -0.870. The van der Waals surface area contributed by atoms with E-state index in [1.54, 1.807) is 6.20 Å². The first kappa shape index (κ1) is 13.6. The van der Waals surface area contributed by atoms with Crippen LogP contribution in [0.1, 0.15) is 45.8 Å². The van der Waals surface area contributed by atoms with E-state index in [9.17, 15) is 0 Å². The lowest BCUT2D eigenvalue weighted by Crippen LogP contribution is -2.63. The van der Waals surface area contributed by atoms with Crippen LogP contribution in [0.2, 0.25) is 0 Å². The molecule has 18 heavy (non-hydrogen) atoms. The van der Waals surface area contributed by atoms with Gasteiger partial charge in [0.15, 0.2) is 5.76 Å². The lowest BCUT2D eigenvalue weighted by Gasteiger charge is -2.47. The van der Waals surface area contributed by atoms with Crippen LogP contribution in [0.15, 0.2) is 16.8 Å². The van der Waals surface area contributed by atoms with Gasteiger partial charge >= 0.3 is 0 Å². The Morgan fingerprint density at radius 2 is 2.22 bits per heavy atom. The van der Waals surface area contributed by atoms with Crippen molar-refractivity contribution >= 4 is 0 Å². The van der Waals surface area contributed by atoms with Gasteiger partial charge in [0.2, 0.25) is 0 Å². The molecule has 0 amide bonds. The topological polar surface area (TPSA) is 41.3 Å². The molecule has 2 rings (SSSR count). The summed E-state index contributed by atoms with van der Waals surface area (Å²) in [5.41, 5.74) is 0.270. The second kappa shape index (κ2) is 5.85. The fraction of sp³-hybridized carbons (Fsp3) is 0.786. The fourth-order valence-electron chi connectivity index (χ4n) is 2.87. The van der Waals surface area contributed by atoms with E-state index >= 15 is 0 Å². The third kappa shape index (κ3) is 2.75. The highest BCUT2D eigenvalue weighted by atomic mass is 16.5. The Morgan fingerprint density at radius 1 is 1.44 bits per heavy atom. The van der Waals surface area contributed by atoms with Crippen LogP contribution >= 0.6 is 0 Å². The van der Waals surface area contributed by atoms with E-state index in [4.69, 9.17) is 4.52 Å². The Bertz CT molecular complexity index is 346. The van der Waals surface area contributed by atoms with Gasteiger partial charge in [-0.2, -0.15) is 0 Å². The summed E-state index contributed by atoms with van der Waals surface area (Å²) in [7, 11) is 0. The number of piperazine rings is 1. The summed E-state index contributed by atoms with van der Waals surface area (Å²) in [6.07, 6.45) is 5.25. The van der Waals surface area contributed by atoms with Gasteiger partial charge in [-0.1, -0.05) is 25.9 Å². The average molecular weight is 251 g/mol. The molecular weight excluding hydrogens is 226 g/mol. The molecule has 2 heterocycles. The zero-order chi connectivity index (χ0) is 13.0. The van der Waals surface area contributed by atoms with E-state index in [1.165, 1.54) is 19.3 Å². The van der Waals surface area contributed by atoms with Gasteiger partial charge in [0, 0.05) is 30.7 Å². The maximum absolute atomic E-state index is 5.25. The van der Waals surface area contributed by atoms with Crippen molar-refractivity contribution in [3.8, 4) is 0 Å². The van der Waals surface area contributed by atoms with Crippen molar-refractivity contribution in [2.45, 2.75) is 58.2 Å². The van der Waals surface area contributed by atoms with Gasteiger partial charge in [-0.3, -0.25) is 4.90 Å². The molecule has 1 unspecified atom stereocenters. The standard InChI is InChI=1S/C14H25N3O/c1-4-12-9-15-14(5-2,6-3)11-17(12)10-13-7-8-16-18-13/h7-8,12,15H,4-6,9-11H2,1-3H3. The smallest absolute Gasteiger partial charge is 0.150 e. The van der Waals surface area contributed by atoms with E-state index in [2.05, 4.69) is 36.1 Å². The Kier molecular flexibility index (Phi) is 4.40. The normalized spacial score (nSPS) is 24.3. The van der Waals surface area contributed by atoms with Crippen LogP contribution in [0.5, 0.6) is 0 Å². The Labute approximate surface area is 110 Å². The Morgan fingerprint density at radius 3 is 2.78 bits per heavy atom. The van der Waals surface area contributed by atoms with E-state index in [-0.39, 0.29) is 5.54 Å². The predicted octanol–water partition coefficient (Wildman–Crippen LogP) is 2.42. The molecule has 1 atom stereocenters. The van der Waals surface area contributed by atoms with Crippen LogP contribution in [-0.2, 0) is 6.54 Å². The highest BCUT2D eigenvalue weighted by Crippen LogP contribution is 2.25. The first-order valence-corrected chi connectivity index (χ1v) is 7.11. The molecule has 1 saturated heterocycles. The van der Waals surface area contributed by atoms with Crippen molar-refractivity contribution in [1.82, 2.24) is 15.4 Å². The molecule has 4 nitrogen and oxygen atoms in total. The molecule has 102 valence electrons. The van der Waals surface area contributed by atoms with Crippen molar-refractivity contribution in [3.05, 3.63) is 18.0 Å². The summed E-state index contributed by atoms with van der Waals surface area (Å²) in [4.78, 5) is 2.55. The minimum Gasteiger partial charge on any atom is -0.360 e. The second-order valence-electron chi connectivity index (χ2n) is 5.31. The zero-order valence-electron chi connectivity index (χ0n) is 11.8. The molecule has 0 aliphatic carbocycles. The largest absolute Gasteiger partial charge is 0.360 e. The van der Waals surface area contributed by atoms with E-state index < -0.39 is 0 Å². The highest BCUT2D eigenvalue weighted by molar-refractivity contribution is 5.00. The number of aromatic nitrogens is 1. The SMILES string of the molecule is CCC1CNC(CC)(CC)CN1Cc1ccno1. The van der Waals surface area contributed by atoms with Crippen LogP contribution < -0.4 is 5.32 Å². The van der Waals surface area contributed by atoms with Gasteiger partial charge in [0.1, 0.15) is 0 Å². The molecular formula is C14H25N3O. The van der Waals surface area contributed by atoms with Gasteiger partial charge in [0.05, 0.1) is 12.7 Å². The van der Waals surface area contributed by atoms with Crippen molar-refractivity contribution in [2.24, 2.45) is 0 Å². The van der Waals surface area contributed by atoms with Crippen molar-refractivity contribution in [3.63, 3.8) is 0 Å². The fourth-order valence-corrected chi connectivity index (χ4v) is 2.87. The lowest BCUT2D eigenvalue weighted by molar-refractivity contribution is 0.0573. The molecule has 1 fully saturated rings. The average Bonchev–Trinajstić information content (AvgIpc) is 2.91. The quantitative estimate of drug-likeness (QED) is 0.872. The van der Waals surface area contributed by atoms with E-state index in [1.807, 2.05) is 6.07 Å². The van der Waals surface area contributed by atoms with Crippen molar-refractivity contribution in [2.75, 3.05) is 13.1 Å². The minimum absolute atomic E-state index is 0.270. The molecule has 1 aromatic rings. The summed E-state index contributed by atoms with van der Waals surface area (Å²) < 4.78 is 5.25. The maximum Gasteiger partial charge on any atom is 0.150 e. The Balaban J connectivity index is 2.07. The number of hydrogen-bond acceptors (Lipinski definition) is 4. The molecule has 0 bridgehead atoms. The van der Waals surface area contributed by atoms with Gasteiger partial charge < -0.3 is 9.84 Å². The van der Waals surface area contributed by atoms with E-state index in [0.717, 1.165) is 25.4 Å². The van der Waals surface area contributed by atoms with Gasteiger partial charge in [-0.15, -0.1) is 0 Å². The molecule has 0 radical (unpaired) electrons. The van der Waals surface area contributed by atoms with E-state index in [0.29, 0.717) is 6.04 Å². The van der Waals surface area contributed by atoms with Crippen LogP contribution in [0, 0.1) is 0 Å². The predicted molar refractivity (Wildman–Crippen MR) is 72.3 cm³/mol. The molecule has 1 aliphatic rings. The number of nitrogens with one attached hydrogen (secondary N) is 1. The summed E-state index contributed by atoms with van der Waals surface area (Å²) in [5, 5.41) is 7.55. The summed E-state index contributed by atoms with van der Waals surface area (Å²) >= 11 is 0. The number of nitrogens with zero attached hydrogens (tertiary/aromatic N) is 2. The van der Waals surface area contributed by atoms with Gasteiger partial charge in [-0.05, 0) is 19.3 Å². The van der Waals surface area contributed by atoms with Crippen LogP contribution in [0.25, 0.3) is 0 Å². The third-order valence-corrected chi connectivity index (χ3v) is 4.41. The maximum atomic E-state index is 5.25. The third-order valence-electron chi connectivity index (χ3n) is 4.41. The molecule has 4 heteroatoms. The molecule has 1 N–H and O–H groups in total. The first-order chi connectivity index (χ1) is 8.73. The summed E-state index contributed by atoms with van der Waals surface area (Å²) in [5.74, 6) is 0.969. The molecule has 1 aliphatic heterocycles. The minimum atomic E-state index is 0.270. The molecule has 1 aromatic heterocycles. The number of hydrogen-bond donors (Lipinski definition) is 1. The monoisotopic (exact) mass is 251 g/mol. The molecule has 0 spiro atoms. The van der Waals surface area contributed by atoms with Gasteiger partial charge in [-0.25, -0.2) is 0 Å². The second-order valence-corrected chi connectivity index (χ2v) is 5.31. The van der Waals surface area contributed by atoms with Crippen LogP contribution in [0.4, 0.5) is 0 Å². The first-order valence-electron chi connectivity index (χ1n) is 7.11. The summed E-state index contributed by atoms with van der Waals surface area (Å²) in [6, 6.07) is 2.57. The lowest BCUT2D eigenvalue weighted by atomic mass is 9.88.